The molecule has 0 aliphatic carbocycles. The number of hydrogen-bond acceptors (Lipinski definition) is 4. The lowest BCUT2D eigenvalue weighted by Gasteiger charge is -2.13. The normalized spacial score (nSPS) is 12.2. The standard InChI is InChI=1S/C11H15ClN2O3/c1-7(17-5-4-15)11(16)14-10-3-2-8(12)6-9(10)13/h2-3,6-7,15H,4-5,13H2,1H3,(H,14,16). The van der Waals surface area contributed by atoms with Crippen LogP contribution in [0, 0.1) is 0 Å². The Bertz CT molecular complexity index is 398. The lowest BCUT2D eigenvalue weighted by atomic mass is 10.2. The number of nitrogen functional groups attached to an aromatic ring is 1. The second kappa shape index (κ2) is 6.44. The Labute approximate surface area is 105 Å². The average molecular weight is 259 g/mol. The molecular weight excluding hydrogens is 244 g/mol. The number of rotatable bonds is 5. The highest BCUT2D eigenvalue weighted by Crippen LogP contribution is 2.22. The summed E-state index contributed by atoms with van der Waals surface area (Å²) in [6.45, 7) is 1.59. The van der Waals surface area contributed by atoms with Gasteiger partial charge >= 0.3 is 0 Å². The fourth-order valence-electron chi connectivity index (χ4n) is 1.19. The van der Waals surface area contributed by atoms with Crippen molar-refractivity contribution in [3.8, 4) is 0 Å². The van der Waals surface area contributed by atoms with E-state index in [0.29, 0.717) is 16.4 Å². The fourth-order valence-corrected chi connectivity index (χ4v) is 1.37. The van der Waals surface area contributed by atoms with E-state index >= 15 is 0 Å². The molecule has 0 bridgehead atoms. The molecule has 6 heteroatoms. The first-order valence-corrected chi connectivity index (χ1v) is 5.50. The molecule has 5 nitrogen and oxygen atoms in total. The van der Waals surface area contributed by atoms with Crippen molar-refractivity contribution in [3.63, 3.8) is 0 Å². The van der Waals surface area contributed by atoms with Gasteiger partial charge in [0.15, 0.2) is 0 Å². The minimum atomic E-state index is -0.655. The predicted octanol–water partition coefficient (Wildman–Crippen LogP) is 1.26. The van der Waals surface area contributed by atoms with Gasteiger partial charge in [0.2, 0.25) is 0 Å². The van der Waals surface area contributed by atoms with Crippen molar-refractivity contribution in [2.24, 2.45) is 0 Å². The van der Waals surface area contributed by atoms with Crippen molar-refractivity contribution in [1.82, 2.24) is 0 Å². The molecule has 1 atom stereocenters. The van der Waals surface area contributed by atoms with Gasteiger partial charge < -0.3 is 20.9 Å². The van der Waals surface area contributed by atoms with Gasteiger partial charge in [-0.25, -0.2) is 0 Å². The number of benzene rings is 1. The third kappa shape index (κ3) is 4.22. The number of carbonyl (C=O) groups excluding carboxylic acids is 1. The number of hydrogen-bond donors (Lipinski definition) is 3. The number of nitrogens with one attached hydrogen (secondary N) is 1. The lowest BCUT2D eigenvalue weighted by Crippen LogP contribution is -2.28. The predicted molar refractivity (Wildman–Crippen MR) is 67.0 cm³/mol. The Morgan fingerprint density at radius 1 is 1.65 bits per heavy atom. The van der Waals surface area contributed by atoms with E-state index in [-0.39, 0.29) is 19.1 Å². The van der Waals surface area contributed by atoms with Gasteiger partial charge in [0, 0.05) is 5.02 Å². The summed E-state index contributed by atoms with van der Waals surface area (Å²) in [7, 11) is 0. The molecule has 0 saturated heterocycles. The number of nitrogens with two attached hydrogens (primary N) is 1. The average Bonchev–Trinajstić information content (AvgIpc) is 2.29. The third-order valence-electron chi connectivity index (χ3n) is 2.10. The maximum atomic E-state index is 11.6. The Balaban J connectivity index is 2.61. The zero-order valence-corrected chi connectivity index (χ0v) is 10.2. The first-order chi connectivity index (χ1) is 8.04. The van der Waals surface area contributed by atoms with Crippen molar-refractivity contribution < 1.29 is 14.6 Å². The second-order valence-corrected chi connectivity index (χ2v) is 3.89. The van der Waals surface area contributed by atoms with Crippen molar-refractivity contribution in [2.45, 2.75) is 13.0 Å². The number of halogens is 1. The van der Waals surface area contributed by atoms with E-state index in [0.717, 1.165) is 0 Å². The fraction of sp³-hybridized carbons (Fsp3) is 0.364. The summed E-state index contributed by atoms with van der Waals surface area (Å²) in [4.78, 5) is 11.6. The summed E-state index contributed by atoms with van der Waals surface area (Å²) in [6.07, 6.45) is -0.655. The highest BCUT2D eigenvalue weighted by molar-refractivity contribution is 6.31. The second-order valence-electron chi connectivity index (χ2n) is 3.46. The number of ether oxygens (including phenoxy) is 1. The summed E-state index contributed by atoms with van der Waals surface area (Å²) in [6, 6.07) is 4.80. The quantitative estimate of drug-likeness (QED) is 0.694. The molecule has 0 aliphatic rings. The molecule has 1 unspecified atom stereocenters. The molecule has 0 saturated carbocycles. The summed E-state index contributed by atoms with van der Waals surface area (Å²) >= 11 is 5.74. The van der Waals surface area contributed by atoms with Crippen LogP contribution in [-0.2, 0) is 9.53 Å². The number of aliphatic hydroxyl groups excluding tert-OH is 1. The largest absolute Gasteiger partial charge is 0.397 e. The third-order valence-corrected chi connectivity index (χ3v) is 2.33. The first kappa shape index (κ1) is 13.8. The van der Waals surface area contributed by atoms with Gasteiger partial charge in [0.25, 0.3) is 5.91 Å². The first-order valence-electron chi connectivity index (χ1n) is 5.13. The minimum Gasteiger partial charge on any atom is -0.397 e. The van der Waals surface area contributed by atoms with Crippen LogP contribution in [0.25, 0.3) is 0 Å². The molecule has 4 N–H and O–H groups in total. The van der Waals surface area contributed by atoms with Crippen LogP contribution in [0.5, 0.6) is 0 Å². The molecule has 1 rings (SSSR count). The van der Waals surface area contributed by atoms with Crippen molar-refractivity contribution in [3.05, 3.63) is 23.2 Å². The van der Waals surface area contributed by atoms with E-state index in [1.807, 2.05) is 0 Å². The number of anilines is 2. The van der Waals surface area contributed by atoms with Crippen molar-refractivity contribution in [2.75, 3.05) is 24.3 Å². The van der Waals surface area contributed by atoms with Crippen LogP contribution in [-0.4, -0.2) is 30.3 Å². The monoisotopic (exact) mass is 258 g/mol. The maximum absolute atomic E-state index is 11.6. The molecule has 0 radical (unpaired) electrons. The van der Waals surface area contributed by atoms with Gasteiger partial charge in [-0.1, -0.05) is 11.6 Å². The molecule has 94 valence electrons. The summed E-state index contributed by atoms with van der Waals surface area (Å²) in [5.41, 5.74) is 6.56. The van der Waals surface area contributed by atoms with Gasteiger partial charge in [0.05, 0.1) is 24.6 Å². The summed E-state index contributed by atoms with van der Waals surface area (Å²) in [5.74, 6) is -0.326. The molecule has 17 heavy (non-hydrogen) atoms. The number of aliphatic hydroxyl groups is 1. The number of amides is 1. The molecule has 0 aliphatic heterocycles. The molecular formula is C11H15ClN2O3. The summed E-state index contributed by atoms with van der Waals surface area (Å²) < 4.78 is 5.06. The molecule has 1 amide bonds. The van der Waals surface area contributed by atoms with E-state index < -0.39 is 6.10 Å². The molecule has 0 heterocycles. The van der Waals surface area contributed by atoms with Crippen LogP contribution in [0.4, 0.5) is 11.4 Å². The number of carbonyl (C=O) groups is 1. The molecule has 1 aromatic rings. The van der Waals surface area contributed by atoms with Crippen LogP contribution in [0.1, 0.15) is 6.92 Å². The van der Waals surface area contributed by atoms with Crippen LogP contribution < -0.4 is 11.1 Å². The van der Waals surface area contributed by atoms with E-state index in [4.69, 9.17) is 27.2 Å². The SMILES string of the molecule is CC(OCCO)C(=O)Nc1ccc(Cl)cc1N. The van der Waals surface area contributed by atoms with Gasteiger partial charge in [-0.05, 0) is 25.1 Å². The van der Waals surface area contributed by atoms with E-state index in [9.17, 15) is 4.79 Å². The Kier molecular flexibility index (Phi) is 5.21. The highest BCUT2D eigenvalue weighted by Gasteiger charge is 2.14. The van der Waals surface area contributed by atoms with Gasteiger partial charge in [-0.2, -0.15) is 0 Å². The minimum absolute atomic E-state index is 0.116. The summed E-state index contributed by atoms with van der Waals surface area (Å²) in [5, 5.41) is 11.7. The molecule has 0 aromatic heterocycles. The zero-order valence-electron chi connectivity index (χ0n) is 9.44. The zero-order chi connectivity index (χ0) is 12.8. The highest BCUT2D eigenvalue weighted by atomic mass is 35.5. The molecule has 0 fully saturated rings. The van der Waals surface area contributed by atoms with Crippen molar-refractivity contribution in [1.29, 1.82) is 0 Å². The van der Waals surface area contributed by atoms with Crippen LogP contribution in [0.3, 0.4) is 0 Å². The Morgan fingerprint density at radius 2 is 2.35 bits per heavy atom. The lowest BCUT2D eigenvalue weighted by molar-refractivity contribution is -0.126. The van der Waals surface area contributed by atoms with Crippen LogP contribution in [0.2, 0.25) is 5.02 Å². The van der Waals surface area contributed by atoms with E-state index in [1.165, 1.54) is 0 Å². The molecule has 0 spiro atoms. The maximum Gasteiger partial charge on any atom is 0.253 e. The van der Waals surface area contributed by atoms with E-state index in [1.54, 1.807) is 25.1 Å². The smallest absolute Gasteiger partial charge is 0.253 e. The Morgan fingerprint density at radius 3 is 2.94 bits per heavy atom. The van der Waals surface area contributed by atoms with E-state index in [2.05, 4.69) is 5.32 Å². The van der Waals surface area contributed by atoms with Crippen molar-refractivity contribution >= 4 is 28.9 Å². The Hall–Kier alpha value is -1.30. The van der Waals surface area contributed by atoms with Crippen LogP contribution in [0.15, 0.2) is 18.2 Å². The van der Waals surface area contributed by atoms with Crippen LogP contribution >= 0.6 is 11.6 Å². The van der Waals surface area contributed by atoms with Gasteiger partial charge in [-0.15, -0.1) is 0 Å². The van der Waals surface area contributed by atoms with Gasteiger partial charge in [0.1, 0.15) is 6.10 Å². The topological polar surface area (TPSA) is 84.6 Å². The molecule has 1 aromatic carbocycles. The van der Waals surface area contributed by atoms with Gasteiger partial charge in [-0.3, -0.25) is 4.79 Å².